The Morgan fingerprint density at radius 2 is 2.18 bits per heavy atom. The second kappa shape index (κ2) is 3.81. The highest BCUT2D eigenvalue weighted by molar-refractivity contribution is 7.17. The van der Waals surface area contributed by atoms with Gasteiger partial charge in [-0.25, -0.2) is 4.98 Å². The Hall–Kier alpha value is -1.41. The molecule has 92 valence electrons. The standard InChI is InChI=1S/C9H7F3N2O2S/c1-4-6(7(16)9(10,11)12)14-5(15)2-3-13-8(14)17-4/h2-3,7,16H,1H3. The normalized spacial score (nSPS) is 14.2. The van der Waals surface area contributed by atoms with Crippen LogP contribution in [0.2, 0.25) is 0 Å². The molecule has 0 spiro atoms. The molecule has 17 heavy (non-hydrogen) atoms. The lowest BCUT2D eigenvalue weighted by Gasteiger charge is -2.14. The first-order valence-corrected chi connectivity index (χ1v) is 5.36. The Morgan fingerprint density at radius 3 is 2.76 bits per heavy atom. The van der Waals surface area contributed by atoms with Crippen LogP contribution in [0.25, 0.3) is 4.96 Å². The number of nitrogens with zero attached hydrogens (tertiary/aromatic N) is 2. The van der Waals surface area contributed by atoms with Gasteiger partial charge in [0.1, 0.15) is 0 Å². The van der Waals surface area contributed by atoms with E-state index in [9.17, 15) is 23.1 Å². The van der Waals surface area contributed by atoms with Gasteiger partial charge >= 0.3 is 6.18 Å². The molecule has 0 fully saturated rings. The van der Waals surface area contributed by atoms with Gasteiger partial charge in [0, 0.05) is 17.1 Å². The summed E-state index contributed by atoms with van der Waals surface area (Å²) in [5.74, 6) is 0. The molecule has 0 aliphatic rings. The van der Waals surface area contributed by atoms with Gasteiger partial charge in [0.15, 0.2) is 11.1 Å². The minimum absolute atomic E-state index is 0.133. The van der Waals surface area contributed by atoms with Gasteiger partial charge in [-0.15, -0.1) is 11.3 Å². The molecule has 0 radical (unpaired) electrons. The molecule has 4 nitrogen and oxygen atoms in total. The Kier molecular flexibility index (Phi) is 2.70. The number of hydrogen-bond acceptors (Lipinski definition) is 4. The smallest absolute Gasteiger partial charge is 0.378 e. The van der Waals surface area contributed by atoms with E-state index in [1.54, 1.807) is 0 Å². The van der Waals surface area contributed by atoms with Crippen molar-refractivity contribution in [3.05, 3.63) is 33.2 Å². The summed E-state index contributed by atoms with van der Waals surface area (Å²) < 4.78 is 38.2. The highest BCUT2D eigenvalue weighted by Gasteiger charge is 2.42. The fourth-order valence-electron chi connectivity index (χ4n) is 1.50. The van der Waals surface area contributed by atoms with Crippen LogP contribution < -0.4 is 5.56 Å². The minimum Gasteiger partial charge on any atom is -0.378 e. The molecule has 2 heterocycles. The lowest BCUT2D eigenvalue weighted by Crippen LogP contribution is -2.25. The van der Waals surface area contributed by atoms with Crippen molar-refractivity contribution in [2.24, 2.45) is 0 Å². The second-order valence-electron chi connectivity index (χ2n) is 3.39. The number of rotatable bonds is 1. The zero-order valence-electron chi connectivity index (χ0n) is 8.52. The highest BCUT2D eigenvalue weighted by atomic mass is 32.1. The van der Waals surface area contributed by atoms with Crippen LogP contribution in [0.1, 0.15) is 16.7 Å². The maximum absolute atomic E-state index is 12.5. The van der Waals surface area contributed by atoms with Gasteiger partial charge in [0.25, 0.3) is 5.56 Å². The Labute approximate surface area is 97.0 Å². The van der Waals surface area contributed by atoms with E-state index >= 15 is 0 Å². The fraction of sp³-hybridized carbons (Fsp3) is 0.333. The number of aromatic nitrogens is 2. The lowest BCUT2D eigenvalue weighted by molar-refractivity contribution is -0.208. The first-order chi connectivity index (χ1) is 7.82. The molecule has 2 aromatic heterocycles. The van der Waals surface area contributed by atoms with Gasteiger partial charge < -0.3 is 5.11 Å². The maximum atomic E-state index is 12.5. The molecule has 0 aliphatic heterocycles. The number of alkyl halides is 3. The minimum atomic E-state index is -4.81. The van der Waals surface area contributed by atoms with E-state index in [-0.39, 0.29) is 9.84 Å². The molecule has 1 N–H and O–H groups in total. The fourth-order valence-corrected chi connectivity index (χ4v) is 2.48. The summed E-state index contributed by atoms with van der Waals surface area (Å²) in [6.45, 7) is 1.41. The molecule has 2 rings (SSSR count). The average molecular weight is 264 g/mol. The molecule has 0 aliphatic carbocycles. The van der Waals surface area contributed by atoms with E-state index in [4.69, 9.17) is 0 Å². The summed E-state index contributed by atoms with van der Waals surface area (Å²) >= 11 is 0.929. The molecule has 0 saturated carbocycles. The number of hydrogen-bond donors (Lipinski definition) is 1. The summed E-state index contributed by atoms with van der Waals surface area (Å²) in [6.07, 6.45) is -6.27. The lowest BCUT2D eigenvalue weighted by atomic mass is 10.2. The zero-order chi connectivity index (χ0) is 12.8. The molecule has 0 amide bonds. The van der Waals surface area contributed by atoms with E-state index in [1.807, 2.05) is 0 Å². The predicted molar refractivity (Wildman–Crippen MR) is 55.1 cm³/mol. The van der Waals surface area contributed by atoms with Crippen molar-refractivity contribution >= 4 is 16.3 Å². The summed E-state index contributed by atoms with van der Waals surface area (Å²) in [4.78, 5) is 15.6. The number of halogens is 3. The van der Waals surface area contributed by atoms with Gasteiger partial charge in [-0.2, -0.15) is 13.2 Å². The quantitative estimate of drug-likeness (QED) is 0.852. The van der Waals surface area contributed by atoms with Crippen LogP contribution in [0.3, 0.4) is 0 Å². The van der Waals surface area contributed by atoms with Crippen LogP contribution in [0.15, 0.2) is 17.1 Å². The van der Waals surface area contributed by atoms with E-state index < -0.39 is 23.5 Å². The summed E-state index contributed by atoms with van der Waals surface area (Å²) in [5, 5.41) is 9.24. The van der Waals surface area contributed by atoms with Crippen molar-refractivity contribution in [1.82, 2.24) is 9.38 Å². The predicted octanol–water partition coefficient (Wildman–Crippen LogP) is 1.66. The molecule has 1 atom stereocenters. The summed E-state index contributed by atoms with van der Waals surface area (Å²) in [6, 6.07) is 1.05. The average Bonchev–Trinajstić information content (AvgIpc) is 2.53. The van der Waals surface area contributed by atoms with Crippen LogP contribution in [-0.4, -0.2) is 20.7 Å². The van der Waals surface area contributed by atoms with Crippen molar-refractivity contribution in [2.75, 3.05) is 0 Å². The first kappa shape index (κ1) is 12.1. The number of aliphatic hydroxyl groups is 1. The number of aryl methyl sites for hydroxylation is 1. The molecule has 8 heteroatoms. The van der Waals surface area contributed by atoms with Gasteiger partial charge in [0.2, 0.25) is 0 Å². The molecule has 0 aromatic carbocycles. The van der Waals surface area contributed by atoms with Gasteiger partial charge in [0.05, 0.1) is 5.69 Å². The van der Waals surface area contributed by atoms with Crippen LogP contribution >= 0.6 is 11.3 Å². The number of aliphatic hydroxyl groups excluding tert-OH is 1. The van der Waals surface area contributed by atoms with E-state index in [2.05, 4.69) is 4.98 Å². The van der Waals surface area contributed by atoms with Gasteiger partial charge in [-0.05, 0) is 6.92 Å². The third-order valence-corrected chi connectivity index (χ3v) is 3.21. The SMILES string of the molecule is Cc1sc2nccc(=O)n2c1C(O)C(F)(F)F. The highest BCUT2D eigenvalue weighted by Crippen LogP contribution is 2.36. The Morgan fingerprint density at radius 1 is 1.53 bits per heavy atom. The Balaban J connectivity index is 2.77. The molecular weight excluding hydrogens is 257 g/mol. The van der Waals surface area contributed by atoms with Crippen molar-refractivity contribution in [3.63, 3.8) is 0 Å². The largest absolute Gasteiger partial charge is 0.420 e. The zero-order valence-corrected chi connectivity index (χ0v) is 9.34. The summed E-state index contributed by atoms with van der Waals surface area (Å²) in [7, 11) is 0. The van der Waals surface area contributed by atoms with Crippen molar-refractivity contribution in [3.8, 4) is 0 Å². The van der Waals surface area contributed by atoms with Crippen molar-refractivity contribution < 1.29 is 18.3 Å². The second-order valence-corrected chi connectivity index (χ2v) is 4.57. The van der Waals surface area contributed by atoms with Crippen LogP contribution in [0, 0.1) is 6.92 Å². The number of thiazole rings is 1. The van der Waals surface area contributed by atoms with E-state index in [1.165, 1.54) is 13.1 Å². The monoisotopic (exact) mass is 264 g/mol. The van der Waals surface area contributed by atoms with Crippen LogP contribution in [0.4, 0.5) is 13.2 Å². The molecule has 0 bridgehead atoms. The molecule has 2 aromatic rings. The van der Waals surface area contributed by atoms with E-state index in [0.717, 1.165) is 21.8 Å². The Bertz CT molecular complexity index is 617. The third kappa shape index (κ3) is 1.93. The topological polar surface area (TPSA) is 54.6 Å². The molecule has 1 unspecified atom stereocenters. The summed E-state index contributed by atoms with van der Waals surface area (Å²) in [5.41, 5.74) is -1.10. The van der Waals surface area contributed by atoms with Crippen molar-refractivity contribution in [1.29, 1.82) is 0 Å². The maximum Gasteiger partial charge on any atom is 0.420 e. The third-order valence-electron chi connectivity index (χ3n) is 2.23. The van der Waals surface area contributed by atoms with Gasteiger partial charge in [-0.1, -0.05) is 0 Å². The van der Waals surface area contributed by atoms with Crippen LogP contribution in [0.5, 0.6) is 0 Å². The first-order valence-electron chi connectivity index (χ1n) is 4.54. The van der Waals surface area contributed by atoms with Crippen LogP contribution in [-0.2, 0) is 0 Å². The molecule has 0 saturated heterocycles. The van der Waals surface area contributed by atoms with Crippen molar-refractivity contribution in [2.45, 2.75) is 19.2 Å². The molecular formula is C9H7F3N2O2S. The van der Waals surface area contributed by atoms with Gasteiger partial charge in [-0.3, -0.25) is 9.20 Å². The number of fused-ring (bicyclic) bond motifs is 1. The van der Waals surface area contributed by atoms with E-state index in [0.29, 0.717) is 0 Å².